The van der Waals surface area contributed by atoms with Crippen LogP contribution in [-0.4, -0.2) is 117 Å². The lowest BCUT2D eigenvalue weighted by Crippen LogP contribution is -2.77. The molecule has 0 atom stereocenters. The van der Waals surface area contributed by atoms with Crippen molar-refractivity contribution in [1.29, 1.82) is 0 Å². The Morgan fingerprint density at radius 1 is 0.578 bits per heavy atom. The standard InChI is InChI=1S/C17H15F21N2O4S/c1-40(2,6-7(41)42)5-3-4-39-45(43,44)17(37,38)15(32,33)13(28,29)11(24,25)9(20,21)8(18,19)10(22,23)12(26,27)14(30,31)16(34,35)36/h39H,3-6H2,1-2H3/p+1. The largest absolute Gasteiger partial charge is 0.477 e. The third-order valence-electron chi connectivity index (χ3n) is 5.62. The van der Waals surface area contributed by atoms with Crippen molar-refractivity contribution in [2.45, 2.75) is 65.2 Å². The highest BCUT2D eigenvalue weighted by molar-refractivity contribution is 7.90. The topological polar surface area (TPSA) is 83.5 Å². The van der Waals surface area contributed by atoms with Crippen LogP contribution < -0.4 is 4.72 Å². The molecule has 0 saturated heterocycles. The van der Waals surface area contributed by atoms with Crippen molar-refractivity contribution in [2.75, 3.05) is 33.7 Å². The molecule has 0 unspecified atom stereocenters. The van der Waals surface area contributed by atoms with E-state index in [-0.39, 0.29) is 0 Å². The lowest BCUT2D eigenvalue weighted by molar-refractivity contribution is -0.883. The molecule has 0 rings (SSSR count). The van der Waals surface area contributed by atoms with E-state index in [1.807, 2.05) is 0 Å². The third-order valence-corrected chi connectivity index (χ3v) is 7.13. The number of hydrogen-bond acceptors (Lipinski definition) is 3. The summed E-state index contributed by atoms with van der Waals surface area (Å²) in [6.07, 6.45) is -8.97. The number of sulfonamides is 1. The Kier molecular flexibility index (Phi) is 11.0. The van der Waals surface area contributed by atoms with E-state index in [0.29, 0.717) is 4.72 Å². The van der Waals surface area contributed by atoms with Gasteiger partial charge in [0.15, 0.2) is 6.54 Å². The van der Waals surface area contributed by atoms with Crippen LogP contribution in [0, 0.1) is 0 Å². The summed E-state index contributed by atoms with van der Waals surface area (Å²) in [4.78, 5) is 10.6. The first kappa shape index (κ1) is 42.9. The quantitative estimate of drug-likeness (QED) is 0.121. The van der Waals surface area contributed by atoms with E-state index in [0.717, 1.165) is 14.1 Å². The molecule has 0 aliphatic carbocycles. The first-order chi connectivity index (χ1) is 19.1. The SMILES string of the molecule is C[N+](C)(CCCNS(=O)(=O)C(F)(F)C(F)(F)C(F)(F)C(F)(F)C(F)(F)C(F)(F)C(F)(F)C(F)(F)C(F)(F)C(F)(F)F)CC(=O)O. The maximum Gasteiger partial charge on any atom is 0.460 e. The maximum absolute atomic E-state index is 14.0. The zero-order chi connectivity index (χ0) is 37.1. The average Bonchev–Trinajstić information content (AvgIpc) is 2.79. The number of nitrogens with one attached hydrogen (secondary N) is 1. The van der Waals surface area contributed by atoms with Gasteiger partial charge in [-0.05, 0) is 0 Å². The molecule has 0 aliphatic heterocycles. The number of alkyl halides is 21. The number of nitrogens with zero attached hydrogens (tertiary/aromatic N) is 1. The Bertz CT molecular complexity index is 1200. The maximum atomic E-state index is 14.0. The summed E-state index contributed by atoms with van der Waals surface area (Å²) in [6, 6.07) is 0. The first-order valence-corrected chi connectivity index (χ1v) is 12.1. The van der Waals surface area contributed by atoms with Crippen LogP contribution in [0.2, 0.25) is 0 Å². The fourth-order valence-corrected chi connectivity index (χ4v) is 4.02. The molecule has 0 amide bonds. The van der Waals surface area contributed by atoms with E-state index in [9.17, 15) is 105 Å². The zero-order valence-corrected chi connectivity index (χ0v) is 22.1. The van der Waals surface area contributed by atoms with Gasteiger partial charge in [0.05, 0.1) is 20.6 Å². The molecule has 28 heteroatoms. The van der Waals surface area contributed by atoms with Gasteiger partial charge >= 0.3 is 64.8 Å². The fraction of sp³-hybridized carbons (Fsp3) is 0.941. The van der Waals surface area contributed by atoms with Crippen LogP contribution in [0.3, 0.4) is 0 Å². The molecule has 45 heavy (non-hydrogen) atoms. The number of hydrogen-bond donors (Lipinski definition) is 2. The second kappa shape index (κ2) is 11.5. The highest BCUT2D eigenvalue weighted by atomic mass is 32.2. The second-order valence-electron chi connectivity index (χ2n) is 9.57. The Labute approximate surface area is 235 Å². The molecule has 0 saturated carbocycles. The van der Waals surface area contributed by atoms with Crippen LogP contribution in [0.25, 0.3) is 0 Å². The lowest BCUT2D eigenvalue weighted by Gasteiger charge is -2.44. The van der Waals surface area contributed by atoms with Gasteiger partial charge in [0.2, 0.25) is 0 Å². The molecule has 270 valence electrons. The van der Waals surface area contributed by atoms with Crippen LogP contribution in [0.15, 0.2) is 0 Å². The number of likely N-dealkylation sites (N-methyl/N-ethyl adjacent to an activating group) is 1. The Hall–Kier alpha value is -2.13. The molecule has 6 nitrogen and oxygen atoms in total. The molecule has 0 bridgehead atoms. The van der Waals surface area contributed by atoms with Crippen molar-refractivity contribution in [3.63, 3.8) is 0 Å². The van der Waals surface area contributed by atoms with Gasteiger partial charge in [-0.25, -0.2) is 17.9 Å². The first-order valence-electron chi connectivity index (χ1n) is 10.6. The van der Waals surface area contributed by atoms with Crippen molar-refractivity contribution < 1.29 is 115 Å². The van der Waals surface area contributed by atoms with E-state index in [2.05, 4.69) is 0 Å². The van der Waals surface area contributed by atoms with E-state index >= 15 is 0 Å². The number of carboxylic acids is 1. The van der Waals surface area contributed by atoms with Gasteiger partial charge in [0.1, 0.15) is 0 Å². The van der Waals surface area contributed by atoms with Crippen LogP contribution in [0.4, 0.5) is 92.2 Å². The number of rotatable bonds is 16. The number of quaternary nitrogens is 1. The highest BCUT2D eigenvalue weighted by Gasteiger charge is 2.98. The molecule has 2 N–H and O–H groups in total. The fourth-order valence-electron chi connectivity index (χ4n) is 2.96. The van der Waals surface area contributed by atoms with Crippen molar-refractivity contribution in [3.05, 3.63) is 0 Å². The van der Waals surface area contributed by atoms with E-state index in [1.54, 1.807) is 0 Å². The minimum absolute atomic E-state index is 0.361. The number of carbonyl (C=O) groups is 1. The molecule has 0 radical (unpaired) electrons. The molecule has 0 aromatic carbocycles. The normalized spacial score (nSPS) is 16.2. The summed E-state index contributed by atoms with van der Waals surface area (Å²) < 4.78 is 304. The van der Waals surface area contributed by atoms with Gasteiger partial charge in [0, 0.05) is 13.0 Å². The Morgan fingerprint density at radius 2 is 0.867 bits per heavy atom. The van der Waals surface area contributed by atoms with Gasteiger partial charge in [-0.3, -0.25) is 0 Å². The van der Waals surface area contributed by atoms with Gasteiger partial charge in [-0.2, -0.15) is 92.2 Å². The van der Waals surface area contributed by atoms with Crippen molar-refractivity contribution in [2.24, 2.45) is 0 Å². The molecule has 0 fully saturated rings. The second-order valence-corrected chi connectivity index (χ2v) is 11.4. The van der Waals surface area contributed by atoms with Gasteiger partial charge < -0.3 is 9.59 Å². The zero-order valence-electron chi connectivity index (χ0n) is 21.3. The Balaban J connectivity index is 6.76. The van der Waals surface area contributed by atoms with E-state index in [1.165, 1.54) is 0 Å². The molecule has 0 spiro atoms. The summed E-state index contributed by atoms with van der Waals surface area (Å²) in [5.41, 5.74) is 0. The lowest BCUT2D eigenvalue weighted by atomic mass is 9.87. The van der Waals surface area contributed by atoms with Crippen LogP contribution in [0.1, 0.15) is 6.42 Å². The smallest absolute Gasteiger partial charge is 0.460 e. The number of carboxylic acid groups (broad SMARTS) is 1. The minimum atomic E-state index is -9.39. The number of halogens is 21. The minimum Gasteiger partial charge on any atom is -0.477 e. The molecule has 0 aromatic rings. The predicted molar refractivity (Wildman–Crippen MR) is 102 cm³/mol. The van der Waals surface area contributed by atoms with Gasteiger partial charge in [-0.1, -0.05) is 0 Å². The average molecular weight is 743 g/mol. The van der Waals surface area contributed by atoms with Crippen molar-refractivity contribution in [1.82, 2.24) is 4.72 Å². The molecular formula is C17H16F21N2O4S+. The monoisotopic (exact) mass is 743 g/mol. The molecule has 0 aromatic heterocycles. The summed E-state index contributed by atoms with van der Waals surface area (Å²) in [6.45, 7) is -2.93. The summed E-state index contributed by atoms with van der Waals surface area (Å²) in [5, 5.41) is 0.785. The van der Waals surface area contributed by atoms with Crippen molar-refractivity contribution in [3.8, 4) is 0 Å². The van der Waals surface area contributed by atoms with Crippen molar-refractivity contribution >= 4 is 16.0 Å². The van der Waals surface area contributed by atoms with Crippen LogP contribution >= 0.6 is 0 Å². The van der Waals surface area contributed by atoms with Crippen LogP contribution in [0.5, 0.6) is 0 Å². The molecule has 0 heterocycles. The van der Waals surface area contributed by atoms with E-state index in [4.69, 9.17) is 5.11 Å². The Morgan fingerprint density at radius 3 is 1.16 bits per heavy atom. The van der Waals surface area contributed by atoms with Gasteiger partial charge in [0.25, 0.3) is 10.0 Å². The third kappa shape index (κ3) is 6.41. The summed E-state index contributed by atoms with van der Waals surface area (Å²) >= 11 is 0. The summed E-state index contributed by atoms with van der Waals surface area (Å²) in [7, 11) is -5.41. The van der Waals surface area contributed by atoms with Crippen LogP contribution in [-0.2, 0) is 14.8 Å². The molecular weight excluding hydrogens is 727 g/mol. The predicted octanol–water partition coefficient (Wildman–Crippen LogP) is 5.69. The number of aliphatic carboxylic acids is 1. The van der Waals surface area contributed by atoms with Gasteiger partial charge in [-0.15, -0.1) is 0 Å². The molecule has 0 aliphatic rings. The highest BCUT2D eigenvalue weighted by Crippen LogP contribution is 2.66. The van der Waals surface area contributed by atoms with E-state index < -0.39 is 105 Å². The summed E-state index contributed by atoms with van der Waals surface area (Å²) in [5.74, 6) is -74.1.